The monoisotopic (exact) mass is 424 g/mol. The molecule has 0 fully saturated rings. The Morgan fingerprint density at radius 1 is 1.29 bits per heavy atom. The summed E-state index contributed by atoms with van der Waals surface area (Å²) in [4.78, 5) is 33.2. The van der Waals surface area contributed by atoms with Gasteiger partial charge in [-0.3, -0.25) is 14.6 Å². The molecule has 0 saturated carbocycles. The fourth-order valence-electron chi connectivity index (χ4n) is 2.53. The maximum atomic E-state index is 12.8. The maximum absolute atomic E-state index is 12.8. The van der Waals surface area contributed by atoms with E-state index < -0.39 is 5.91 Å². The van der Waals surface area contributed by atoms with Crippen LogP contribution in [0.1, 0.15) is 50.4 Å². The van der Waals surface area contributed by atoms with Gasteiger partial charge in [0.25, 0.3) is 5.91 Å². The molecule has 0 aromatic heterocycles. The number of rotatable bonds is 6. The van der Waals surface area contributed by atoms with Gasteiger partial charge in [0, 0.05) is 11.4 Å². The number of amides is 1. The summed E-state index contributed by atoms with van der Waals surface area (Å²) in [5.41, 5.74) is 0.950. The molecule has 0 bridgehead atoms. The standard InChI is InChI=1S/C20H25ClN2O4S/c1-20(2,3)19-22-14(7-6-8-16(24)27-5)18(28-19)23-17(25)13-11-12(21)9-10-15(13)26-4/h9-11,19H,6-8H2,1-5H3. The second-order valence-electron chi connectivity index (χ2n) is 7.41. The number of carbonyl (C=O) groups is 2. The molecular formula is C20H25ClN2O4S. The molecule has 1 amide bonds. The van der Waals surface area contributed by atoms with Gasteiger partial charge in [-0.15, -0.1) is 0 Å². The number of ether oxygens (including phenoxy) is 2. The molecule has 1 aliphatic heterocycles. The molecule has 28 heavy (non-hydrogen) atoms. The molecule has 1 aliphatic rings. The van der Waals surface area contributed by atoms with E-state index in [0.717, 1.165) is 5.71 Å². The van der Waals surface area contributed by atoms with E-state index in [1.807, 2.05) is 0 Å². The van der Waals surface area contributed by atoms with E-state index in [1.54, 1.807) is 18.2 Å². The van der Waals surface area contributed by atoms with Crippen LogP contribution in [0, 0.1) is 5.41 Å². The van der Waals surface area contributed by atoms with Gasteiger partial charge in [-0.25, -0.2) is 4.99 Å². The normalized spacial score (nSPS) is 18.1. The molecule has 8 heteroatoms. The minimum atomic E-state index is -0.433. The molecule has 1 atom stereocenters. The molecule has 1 aromatic rings. The van der Waals surface area contributed by atoms with Gasteiger partial charge in [0.1, 0.15) is 16.2 Å². The van der Waals surface area contributed by atoms with E-state index in [1.165, 1.54) is 26.0 Å². The van der Waals surface area contributed by atoms with Crippen molar-refractivity contribution in [1.29, 1.82) is 0 Å². The summed E-state index contributed by atoms with van der Waals surface area (Å²) in [6.45, 7) is 6.26. The minimum Gasteiger partial charge on any atom is -0.496 e. The number of thioether (sulfide) groups is 1. The third-order valence-electron chi connectivity index (χ3n) is 4.10. The van der Waals surface area contributed by atoms with Crippen molar-refractivity contribution in [3.63, 3.8) is 0 Å². The Labute approximate surface area is 174 Å². The van der Waals surface area contributed by atoms with Crippen LogP contribution in [-0.4, -0.2) is 42.2 Å². The highest BCUT2D eigenvalue weighted by Crippen LogP contribution is 2.38. The van der Waals surface area contributed by atoms with Crippen LogP contribution in [0.15, 0.2) is 28.2 Å². The van der Waals surface area contributed by atoms with Crippen molar-refractivity contribution in [3.05, 3.63) is 28.8 Å². The van der Waals surface area contributed by atoms with Gasteiger partial charge in [0.15, 0.2) is 0 Å². The number of aliphatic imine (C=N–C) groups is 2. The molecule has 0 radical (unpaired) electrons. The first-order chi connectivity index (χ1) is 13.2. The Hall–Kier alpha value is -1.86. The van der Waals surface area contributed by atoms with E-state index >= 15 is 0 Å². The van der Waals surface area contributed by atoms with E-state index in [2.05, 4.69) is 30.5 Å². The molecule has 1 heterocycles. The van der Waals surface area contributed by atoms with Gasteiger partial charge in [-0.2, -0.15) is 0 Å². The average molecular weight is 425 g/mol. The molecule has 0 spiro atoms. The maximum Gasteiger partial charge on any atom is 0.305 e. The van der Waals surface area contributed by atoms with Crippen LogP contribution < -0.4 is 4.74 Å². The smallest absolute Gasteiger partial charge is 0.305 e. The van der Waals surface area contributed by atoms with Crippen LogP contribution >= 0.6 is 23.4 Å². The van der Waals surface area contributed by atoms with Crippen LogP contribution in [0.2, 0.25) is 5.02 Å². The Bertz CT molecular complexity index is 815. The van der Waals surface area contributed by atoms with E-state index in [0.29, 0.717) is 40.6 Å². The summed E-state index contributed by atoms with van der Waals surface area (Å²) in [6.07, 6.45) is 1.42. The molecule has 0 aliphatic carbocycles. The number of hydrogen-bond acceptors (Lipinski definition) is 6. The highest BCUT2D eigenvalue weighted by molar-refractivity contribution is 8.16. The Morgan fingerprint density at radius 3 is 2.61 bits per heavy atom. The quantitative estimate of drug-likeness (QED) is 0.613. The summed E-state index contributed by atoms with van der Waals surface area (Å²) in [5, 5.41) is 0.966. The van der Waals surface area contributed by atoms with Crippen molar-refractivity contribution in [2.75, 3.05) is 14.2 Å². The fraction of sp³-hybridized carbons (Fsp3) is 0.500. The lowest BCUT2D eigenvalue weighted by Crippen LogP contribution is -2.19. The fourth-order valence-corrected chi connectivity index (χ4v) is 3.88. The molecule has 6 nitrogen and oxygen atoms in total. The third-order valence-corrected chi connectivity index (χ3v) is 5.92. The molecule has 1 aromatic carbocycles. The number of halogens is 1. The average Bonchev–Trinajstić information content (AvgIpc) is 3.04. The summed E-state index contributed by atoms with van der Waals surface area (Å²) in [6, 6.07) is 4.84. The van der Waals surface area contributed by atoms with Crippen molar-refractivity contribution in [2.45, 2.75) is 45.4 Å². The number of benzene rings is 1. The van der Waals surface area contributed by atoms with Crippen LogP contribution in [-0.2, 0) is 9.53 Å². The topological polar surface area (TPSA) is 77.3 Å². The van der Waals surface area contributed by atoms with E-state index in [4.69, 9.17) is 21.3 Å². The molecule has 1 unspecified atom stereocenters. The zero-order valence-electron chi connectivity index (χ0n) is 16.7. The summed E-state index contributed by atoms with van der Waals surface area (Å²) in [5.74, 6) is -0.285. The number of methoxy groups -OCH3 is 2. The molecule has 2 rings (SSSR count). The highest BCUT2D eigenvalue weighted by Gasteiger charge is 2.34. The molecule has 0 N–H and O–H groups in total. The number of esters is 1. The van der Waals surface area contributed by atoms with Crippen molar-refractivity contribution < 1.29 is 19.1 Å². The zero-order valence-corrected chi connectivity index (χ0v) is 18.3. The van der Waals surface area contributed by atoms with E-state index in [-0.39, 0.29) is 16.8 Å². The molecular weight excluding hydrogens is 400 g/mol. The van der Waals surface area contributed by atoms with Gasteiger partial charge in [-0.05, 0) is 36.5 Å². The van der Waals surface area contributed by atoms with Crippen LogP contribution in [0.5, 0.6) is 5.75 Å². The van der Waals surface area contributed by atoms with Crippen LogP contribution in [0.25, 0.3) is 0 Å². The van der Waals surface area contributed by atoms with Crippen molar-refractivity contribution >= 4 is 46.0 Å². The number of carbonyl (C=O) groups excluding carboxylic acids is 2. The first kappa shape index (κ1) is 22.4. The number of nitrogens with zero attached hydrogens (tertiary/aromatic N) is 2. The first-order valence-corrected chi connectivity index (χ1v) is 10.2. The van der Waals surface area contributed by atoms with Crippen molar-refractivity contribution in [1.82, 2.24) is 0 Å². The second-order valence-corrected chi connectivity index (χ2v) is 8.91. The predicted octanol–water partition coefficient (Wildman–Crippen LogP) is 4.79. The van der Waals surface area contributed by atoms with Crippen LogP contribution in [0.4, 0.5) is 0 Å². The Balaban J connectivity index is 2.27. The SMILES string of the molecule is COC(=O)CCCC1=NC(C(C)(C)C)SC1=NC(=O)c1cc(Cl)ccc1OC. The van der Waals surface area contributed by atoms with E-state index in [9.17, 15) is 9.59 Å². The van der Waals surface area contributed by atoms with Crippen LogP contribution in [0.3, 0.4) is 0 Å². The summed E-state index contributed by atoms with van der Waals surface area (Å²) >= 11 is 7.50. The largest absolute Gasteiger partial charge is 0.496 e. The lowest BCUT2D eigenvalue weighted by molar-refractivity contribution is -0.140. The van der Waals surface area contributed by atoms with Gasteiger partial charge in [0.2, 0.25) is 0 Å². The van der Waals surface area contributed by atoms with Gasteiger partial charge in [-0.1, -0.05) is 44.1 Å². The van der Waals surface area contributed by atoms with Gasteiger partial charge in [0.05, 0.1) is 25.5 Å². The number of hydrogen-bond donors (Lipinski definition) is 0. The Morgan fingerprint density at radius 2 is 2.00 bits per heavy atom. The first-order valence-electron chi connectivity index (χ1n) is 8.92. The summed E-state index contributed by atoms with van der Waals surface area (Å²) in [7, 11) is 2.86. The van der Waals surface area contributed by atoms with Crippen molar-refractivity contribution in [3.8, 4) is 5.75 Å². The van der Waals surface area contributed by atoms with Gasteiger partial charge < -0.3 is 9.47 Å². The lowest BCUT2D eigenvalue weighted by atomic mass is 9.96. The second kappa shape index (κ2) is 9.56. The summed E-state index contributed by atoms with van der Waals surface area (Å²) < 4.78 is 9.94. The Kier molecular flexibility index (Phi) is 7.66. The molecule has 152 valence electrons. The minimum absolute atomic E-state index is 0.0477. The predicted molar refractivity (Wildman–Crippen MR) is 114 cm³/mol. The lowest BCUT2D eigenvalue weighted by Gasteiger charge is -2.22. The molecule has 0 saturated heterocycles. The third kappa shape index (κ3) is 5.82. The highest BCUT2D eigenvalue weighted by atomic mass is 35.5. The van der Waals surface area contributed by atoms with Gasteiger partial charge >= 0.3 is 5.97 Å². The van der Waals surface area contributed by atoms with Crippen molar-refractivity contribution in [2.24, 2.45) is 15.4 Å². The zero-order chi connectivity index (χ0) is 20.9.